The Hall–Kier alpha value is -1.26. The number of carbonyl (C=O) groups is 1. The number of carbonyl (C=O) groups excluding carboxylic acids is 1. The number of methoxy groups -OCH3 is 1. The van der Waals surface area contributed by atoms with Crippen molar-refractivity contribution >= 4 is 70.9 Å². The van der Waals surface area contributed by atoms with Crippen LogP contribution < -0.4 is 9.09 Å². The first-order valence-corrected chi connectivity index (χ1v) is 10.5. The second-order valence-electron chi connectivity index (χ2n) is 4.66. The molecule has 8 heteroatoms. The van der Waals surface area contributed by atoms with Crippen LogP contribution >= 0.6 is 35.0 Å². The predicted molar refractivity (Wildman–Crippen MR) is 102 cm³/mol. The molecule has 24 heavy (non-hydrogen) atoms. The van der Waals surface area contributed by atoms with E-state index in [2.05, 4.69) is 9.98 Å². The van der Waals surface area contributed by atoms with Crippen LogP contribution in [0.15, 0.2) is 46.4 Å². The molecule has 0 radical (unpaired) electrons. The van der Waals surface area contributed by atoms with Crippen LogP contribution in [0.2, 0.25) is 10.0 Å². The summed E-state index contributed by atoms with van der Waals surface area (Å²) in [6.07, 6.45) is 3.38. The normalized spacial score (nSPS) is 16.2. The van der Waals surface area contributed by atoms with E-state index in [1.54, 1.807) is 43.6 Å². The Bertz CT molecular complexity index is 851. The molecule has 0 saturated carbocycles. The first-order chi connectivity index (χ1) is 11.6. The Labute approximate surface area is 160 Å². The fourth-order valence-corrected chi connectivity index (χ4v) is 6.78. The van der Waals surface area contributed by atoms with Crippen LogP contribution in [-0.4, -0.2) is 37.6 Å². The van der Waals surface area contributed by atoms with Crippen molar-refractivity contribution in [1.82, 2.24) is 4.98 Å². The summed E-state index contributed by atoms with van der Waals surface area (Å²) in [7, 11) is 1.54. The number of benzene rings is 1. The third-order valence-corrected chi connectivity index (χ3v) is 8.70. The van der Waals surface area contributed by atoms with Crippen LogP contribution in [0.5, 0.6) is 5.88 Å². The Morgan fingerprint density at radius 3 is 2.67 bits per heavy atom. The monoisotopic (exact) mass is 440 g/mol. The predicted octanol–water partition coefficient (Wildman–Crippen LogP) is 3.13. The summed E-state index contributed by atoms with van der Waals surface area (Å²) < 4.78 is 6.87. The second-order valence-corrected chi connectivity index (χ2v) is 9.83. The van der Waals surface area contributed by atoms with Gasteiger partial charge in [0.1, 0.15) is 0 Å². The third-order valence-electron chi connectivity index (χ3n) is 3.10. The maximum atomic E-state index is 12.2. The molecule has 1 amide bonds. The molecule has 2 aromatic rings. The van der Waals surface area contributed by atoms with E-state index in [1.807, 2.05) is 6.07 Å². The summed E-state index contributed by atoms with van der Waals surface area (Å²) >= 11 is 12.9. The van der Waals surface area contributed by atoms with E-state index in [4.69, 9.17) is 27.9 Å². The number of rotatable bonds is 4. The van der Waals surface area contributed by atoms with Gasteiger partial charge >= 0.3 is 160 Å². The number of hydrogen-bond donors (Lipinski definition) is 0. The molecule has 0 bridgehead atoms. The molecule has 0 aliphatic carbocycles. The van der Waals surface area contributed by atoms with Crippen molar-refractivity contribution in [3.63, 3.8) is 0 Å². The van der Waals surface area contributed by atoms with Crippen LogP contribution in [-0.2, 0) is 4.79 Å². The first-order valence-electron chi connectivity index (χ1n) is 6.81. The van der Waals surface area contributed by atoms with Crippen molar-refractivity contribution < 1.29 is 9.53 Å². The second kappa shape index (κ2) is 7.75. The SMILES string of the molecule is COc1ncccc1C=C1SC([AsH]c2c(Cl)cccc2Cl)=NC1=O. The topological polar surface area (TPSA) is 51.6 Å². The van der Waals surface area contributed by atoms with Gasteiger partial charge < -0.3 is 0 Å². The number of nitrogens with zero attached hydrogens (tertiary/aromatic N) is 2. The van der Waals surface area contributed by atoms with Gasteiger partial charge in [-0.3, -0.25) is 0 Å². The fraction of sp³-hybridized carbons (Fsp3) is 0.0625. The van der Waals surface area contributed by atoms with Gasteiger partial charge in [-0.25, -0.2) is 0 Å². The Morgan fingerprint density at radius 2 is 1.96 bits per heavy atom. The van der Waals surface area contributed by atoms with E-state index < -0.39 is 15.8 Å². The van der Waals surface area contributed by atoms with Gasteiger partial charge in [-0.15, -0.1) is 0 Å². The zero-order chi connectivity index (χ0) is 17.1. The molecule has 4 nitrogen and oxygen atoms in total. The summed E-state index contributed by atoms with van der Waals surface area (Å²) in [5.41, 5.74) is 0.739. The van der Waals surface area contributed by atoms with Crippen molar-refractivity contribution in [2.45, 2.75) is 0 Å². The maximum absolute atomic E-state index is 12.2. The van der Waals surface area contributed by atoms with E-state index in [1.165, 1.54) is 11.8 Å². The minimum absolute atomic E-state index is 0.257. The molecule has 2 heterocycles. The molecule has 3 rings (SSSR count). The summed E-state index contributed by atoms with van der Waals surface area (Å²) in [5.74, 6) is 0.213. The van der Waals surface area contributed by atoms with Gasteiger partial charge in [-0.2, -0.15) is 0 Å². The molecule has 1 aliphatic heterocycles. The molecule has 1 aromatic heterocycles. The van der Waals surface area contributed by atoms with Crippen LogP contribution in [0.4, 0.5) is 0 Å². The number of pyridine rings is 1. The van der Waals surface area contributed by atoms with Gasteiger partial charge in [0.05, 0.1) is 0 Å². The van der Waals surface area contributed by atoms with Gasteiger partial charge in [0.15, 0.2) is 0 Å². The molecule has 0 saturated heterocycles. The van der Waals surface area contributed by atoms with Crippen LogP contribution in [0.3, 0.4) is 0 Å². The number of amides is 1. The van der Waals surface area contributed by atoms with Crippen molar-refractivity contribution in [3.8, 4) is 5.88 Å². The first kappa shape index (κ1) is 17.6. The standard InChI is InChI=1S/C16H11AsCl2N2O2S/c1-23-15-9(4-3-7-20-15)8-12-14(22)21-16(24-12)17-13-10(18)5-2-6-11(13)19/h2-8,17H,1H3. The Balaban J connectivity index is 1.83. The summed E-state index contributed by atoms with van der Waals surface area (Å²) in [6.45, 7) is 0. The molecule has 0 spiro atoms. The van der Waals surface area contributed by atoms with Gasteiger partial charge in [0, 0.05) is 0 Å². The van der Waals surface area contributed by atoms with Crippen molar-refractivity contribution in [2.24, 2.45) is 4.99 Å². The molecule has 1 unspecified atom stereocenters. The van der Waals surface area contributed by atoms with E-state index in [0.717, 1.165) is 13.7 Å². The molecule has 1 aromatic carbocycles. The van der Waals surface area contributed by atoms with Gasteiger partial charge in [-0.1, -0.05) is 0 Å². The number of ether oxygens (including phenoxy) is 1. The molecule has 1 aliphatic rings. The summed E-state index contributed by atoms with van der Waals surface area (Å²) in [4.78, 5) is 21.0. The van der Waals surface area contributed by atoms with E-state index in [0.29, 0.717) is 20.8 Å². The molecule has 0 N–H and O–H groups in total. The fourth-order valence-electron chi connectivity index (χ4n) is 2.01. The number of aliphatic imine (C=N–C) groups is 1. The zero-order valence-electron chi connectivity index (χ0n) is 12.4. The third kappa shape index (κ3) is 3.86. The van der Waals surface area contributed by atoms with Crippen LogP contribution in [0.1, 0.15) is 5.56 Å². The molecule has 122 valence electrons. The van der Waals surface area contributed by atoms with Crippen molar-refractivity contribution in [1.29, 1.82) is 0 Å². The van der Waals surface area contributed by atoms with Crippen molar-refractivity contribution in [3.05, 3.63) is 57.0 Å². The Kier molecular flexibility index (Phi) is 5.67. The van der Waals surface area contributed by atoms with Crippen LogP contribution in [0.25, 0.3) is 6.08 Å². The van der Waals surface area contributed by atoms with Crippen LogP contribution in [0, 0.1) is 0 Å². The molecule has 0 fully saturated rings. The summed E-state index contributed by atoms with van der Waals surface area (Å²) in [5, 5.41) is 1.23. The Morgan fingerprint density at radius 1 is 1.21 bits per heavy atom. The number of hydrogen-bond acceptors (Lipinski definition) is 4. The minimum atomic E-state index is -0.877. The van der Waals surface area contributed by atoms with Gasteiger partial charge in [0.25, 0.3) is 0 Å². The average Bonchev–Trinajstić information content (AvgIpc) is 2.91. The van der Waals surface area contributed by atoms with Gasteiger partial charge in [0.2, 0.25) is 0 Å². The number of aromatic nitrogens is 1. The summed E-state index contributed by atoms with van der Waals surface area (Å²) in [6, 6.07) is 9.02. The zero-order valence-corrected chi connectivity index (χ0v) is 16.8. The quantitative estimate of drug-likeness (QED) is 0.541. The number of halogens is 2. The van der Waals surface area contributed by atoms with Crippen molar-refractivity contribution in [2.75, 3.05) is 7.11 Å². The molecular formula is C16H11AsCl2N2O2S. The average molecular weight is 441 g/mol. The molecule has 1 atom stereocenters. The van der Waals surface area contributed by atoms with E-state index >= 15 is 0 Å². The number of thioether (sulfide) groups is 1. The van der Waals surface area contributed by atoms with Gasteiger partial charge in [-0.05, 0) is 0 Å². The van der Waals surface area contributed by atoms with E-state index in [-0.39, 0.29) is 5.91 Å². The van der Waals surface area contributed by atoms with E-state index in [9.17, 15) is 4.79 Å². The molecular weight excluding hydrogens is 430 g/mol.